The van der Waals surface area contributed by atoms with Gasteiger partial charge < -0.3 is 10.1 Å². The van der Waals surface area contributed by atoms with Gasteiger partial charge in [-0.15, -0.1) is 5.54 Å². The molecule has 0 radical (unpaired) electrons. The summed E-state index contributed by atoms with van der Waals surface area (Å²) in [6.45, 7) is 15.3. The third-order valence-electron chi connectivity index (χ3n) is 2.79. The van der Waals surface area contributed by atoms with E-state index in [0.29, 0.717) is 6.42 Å². The molecule has 140 valence electrons. The minimum absolute atomic E-state index is 0.159. The van der Waals surface area contributed by atoms with Gasteiger partial charge in [-0.3, -0.25) is 4.79 Å². The van der Waals surface area contributed by atoms with Crippen LogP contribution in [-0.2, 0) is 14.3 Å². The lowest BCUT2D eigenvalue weighted by Crippen LogP contribution is -2.51. The smallest absolute Gasteiger partial charge is 0.384 e. The maximum Gasteiger partial charge on any atom is 0.384 e. The van der Waals surface area contributed by atoms with Crippen LogP contribution in [0.4, 0.5) is 0 Å². The molecule has 1 amide bonds. The second-order valence-corrected chi connectivity index (χ2v) is 13.2. The number of amides is 1. The Morgan fingerprint density at radius 1 is 1.28 bits per heavy atom. The average molecular weight is 367 g/mol. The molecule has 25 heavy (non-hydrogen) atoms. The predicted molar refractivity (Wildman–Crippen MR) is 101 cm³/mol. The topological polar surface area (TPSA) is 104 Å². The second kappa shape index (κ2) is 9.49. The zero-order valence-corrected chi connectivity index (χ0v) is 17.5. The Morgan fingerprint density at radius 2 is 1.84 bits per heavy atom. The van der Waals surface area contributed by atoms with Crippen molar-refractivity contribution in [3.05, 3.63) is 10.4 Å². The zero-order chi connectivity index (χ0) is 19.8. The fourth-order valence-electron chi connectivity index (χ4n) is 1.91. The lowest BCUT2D eigenvalue weighted by molar-refractivity contribution is -0.152. The summed E-state index contributed by atoms with van der Waals surface area (Å²) in [5.74, 6) is 1.35. The molecule has 0 aliphatic rings. The fourth-order valence-corrected chi connectivity index (χ4v) is 2.39. The van der Waals surface area contributed by atoms with Gasteiger partial charge in [0.05, 0.1) is 6.04 Å². The van der Waals surface area contributed by atoms with Crippen molar-refractivity contribution in [3.8, 4) is 11.5 Å². The standard InChI is InChI=1S/C17H30N4O3Si/c1-12(2)11-13(20-21-18)15(16(23)19-17(3,4)5)24-14(22)9-10-25(6,7)8/h12-13,15H,11H2,1-8H3,(H,19,23). The van der Waals surface area contributed by atoms with Gasteiger partial charge in [-0.25, -0.2) is 4.79 Å². The van der Waals surface area contributed by atoms with Crippen LogP contribution in [0.3, 0.4) is 0 Å². The van der Waals surface area contributed by atoms with E-state index in [1.165, 1.54) is 0 Å². The molecule has 0 fully saturated rings. The molecule has 0 heterocycles. The number of nitrogens with zero attached hydrogens (tertiary/aromatic N) is 3. The van der Waals surface area contributed by atoms with Crippen LogP contribution in [-0.4, -0.2) is 37.6 Å². The SMILES string of the molecule is CC(C)CC(N=[N+]=[N-])C(OC(=O)C#C[Si](C)(C)C)C(=O)NC(C)(C)C. The van der Waals surface area contributed by atoms with Gasteiger partial charge in [0.2, 0.25) is 0 Å². The number of ether oxygens (including phenoxy) is 1. The highest BCUT2D eigenvalue weighted by atomic mass is 28.3. The second-order valence-electron chi connectivity index (χ2n) is 8.47. The van der Waals surface area contributed by atoms with Crippen LogP contribution in [0.25, 0.3) is 10.4 Å². The van der Waals surface area contributed by atoms with Crippen LogP contribution >= 0.6 is 0 Å². The molecule has 0 aliphatic heterocycles. The van der Waals surface area contributed by atoms with Crippen LogP contribution in [0.1, 0.15) is 41.0 Å². The van der Waals surface area contributed by atoms with Crippen LogP contribution < -0.4 is 5.32 Å². The van der Waals surface area contributed by atoms with Gasteiger partial charge in [0, 0.05) is 16.4 Å². The summed E-state index contributed by atoms with van der Waals surface area (Å²) in [5, 5.41) is 6.45. The molecule has 0 aliphatic carbocycles. The minimum Gasteiger partial charge on any atom is -0.442 e. The van der Waals surface area contributed by atoms with Gasteiger partial charge >= 0.3 is 5.97 Å². The van der Waals surface area contributed by atoms with E-state index in [2.05, 4.69) is 26.8 Å². The number of esters is 1. The van der Waals surface area contributed by atoms with Gasteiger partial charge in [-0.2, -0.15) is 0 Å². The first-order valence-corrected chi connectivity index (χ1v) is 11.8. The van der Waals surface area contributed by atoms with Crippen molar-refractivity contribution in [1.29, 1.82) is 0 Å². The van der Waals surface area contributed by atoms with Crippen LogP contribution in [0, 0.1) is 17.4 Å². The Kier molecular flexibility index (Phi) is 8.75. The third kappa shape index (κ3) is 11.2. The summed E-state index contributed by atoms with van der Waals surface area (Å²) in [5.41, 5.74) is 11.2. The van der Waals surface area contributed by atoms with E-state index < -0.39 is 37.6 Å². The number of carbonyl (C=O) groups excluding carboxylic acids is 2. The van der Waals surface area contributed by atoms with E-state index in [1.54, 1.807) is 0 Å². The summed E-state index contributed by atoms with van der Waals surface area (Å²) in [6.07, 6.45) is -0.790. The average Bonchev–Trinajstić information content (AvgIpc) is 2.38. The Hall–Kier alpha value is -1.97. The van der Waals surface area contributed by atoms with E-state index >= 15 is 0 Å². The molecular weight excluding hydrogens is 336 g/mol. The zero-order valence-electron chi connectivity index (χ0n) is 16.5. The number of hydrogen-bond acceptors (Lipinski definition) is 4. The van der Waals surface area contributed by atoms with Crippen molar-refractivity contribution in [2.24, 2.45) is 11.0 Å². The third-order valence-corrected chi connectivity index (χ3v) is 3.67. The highest BCUT2D eigenvalue weighted by molar-refractivity contribution is 6.84. The molecule has 0 aromatic rings. The van der Waals surface area contributed by atoms with E-state index in [0.717, 1.165) is 0 Å². The Morgan fingerprint density at radius 3 is 2.24 bits per heavy atom. The summed E-state index contributed by atoms with van der Waals surface area (Å²) in [4.78, 5) is 27.5. The first kappa shape index (κ1) is 23.0. The van der Waals surface area contributed by atoms with Crippen molar-refractivity contribution in [2.45, 2.75) is 78.4 Å². The summed E-state index contributed by atoms with van der Waals surface area (Å²) in [7, 11) is -1.75. The molecule has 8 heteroatoms. The Labute approximate surface area is 151 Å². The first-order valence-electron chi connectivity index (χ1n) is 8.35. The number of azide groups is 1. The molecule has 2 atom stereocenters. The molecule has 7 nitrogen and oxygen atoms in total. The molecule has 0 spiro atoms. The van der Waals surface area contributed by atoms with Crippen molar-refractivity contribution in [3.63, 3.8) is 0 Å². The predicted octanol–water partition coefficient (Wildman–Crippen LogP) is 3.42. The molecule has 0 bridgehead atoms. The van der Waals surface area contributed by atoms with Crippen molar-refractivity contribution < 1.29 is 14.3 Å². The molecule has 0 saturated carbocycles. The molecule has 0 rings (SSSR count). The summed E-state index contributed by atoms with van der Waals surface area (Å²) < 4.78 is 5.30. The number of nitrogens with one attached hydrogen (secondary N) is 1. The van der Waals surface area contributed by atoms with E-state index in [-0.39, 0.29) is 5.92 Å². The van der Waals surface area contributed by atoms with Crippen molar-refractivity contribution in [2.75, 3.05) is 0 Å². The largest absolute Gasteiger partial charge is 0.442 e. The van der Waals surface area contributed by atoms with E-state index in [1.807, 2.05) is 54.3 Å². The Balaban J connectivity index is 5.56. The molecule has 0 aromatic carbocycles. The van der Waals surface area contributed by atoms with Gasteiger partial charge in [0.25, 0.3) is 5.91 Å². The monoisotopic (exact) mass is 366 g/mol. The lowest BCUT2D eigenvalue weighted by atomic mass is 9.98. The molecule has 0 saturated heterocycles. The molecule has 0 aromatic heterocycles. The first-order chi connectivity index (χ1) is 11.2. The van der Waals surface area contributed by atoms with Crippen LogP contribution in [0.2, 0.25) is 19.6 Å². The quantitative estimate of drug-likeness (QED) is 0.194. The lowest BCUT2D eigenvalue weighted by Gasteiger charge is -2.28. The number of carbonyl (C=O) groups is 2. The molecule has 1 N–H and O–H groups in total. The maximum atomic E-state index is 12.6. The van der Waals surface area contributed by atoms with Gasteiger partial charge in [-0.1, -0.05) is 38.6 Å². The van der Waals surface area contributed by atoms with Crippen molar-refractivity contribution in [1.82, 2.24) is 5.32 Å². The Bertz CT molecular complexity index is 588. The number of rotatable bonds is 6. The maximum absolute atomic E-state index is 12.6. The van der Waals surface area contributed by atoms with Crippen LogP contribution in [0.15, 0.2) is 5.11 Å². The number of hydrogen-bond donors (Lipinski definition) is 1. The summed E-state index contributed by atoms with van der Waals surface area (Å²) >= 11 is 0. The molecule has 2 unspecified atom stereocenters. The van der Waals surface area contributed by atoms with Gasteiger partial charge in [-0.05, 0) is 38.6 Å². The van der Waals surface area contributed by atoms with Crippen molar-refractivity contribution >= 4 is 20.0 Å². The highest BCUT2D eigenvalue weighted by Crippen LogP contribution is 2.17. The van der Waals surface area contributed by atoms with E-state index in [9.17, 15) is 9.59 Å². The fraction of sp³-hybridized carbons (Fsp3) is 0.765. The van der Waals surface area contributed by atoms with Crippen LogP contribution in [0.5, 0.6) is 0 Å². The normalized spacial score (nSPS) is 13.8. The molecular formula is C17H30N4O3Si. The minimum atomic E-state index is -1.75. The summed E-state index contributed by atoms with van der Waals surface area (Å²) in [6, 6.07) is -0.787. The van der Waals surface area contributed by atoms with Gasteiger partial charge in [0.1, 0.15) is 8.07 Å². The van der Waals surface area contributed by atoms with E-state index in [4.69, 9.17) is 10.3 Å². The highest BCUT2D eigenvalue weighted by Gasteiger charge is 2.33. The van der Waals surface area contributed by atoms with Gasteiger partial charge in [0.15, 0.2) is 6.10 Å².